The number of fused-ring (bicyclic) bond motifs is 1. The Hall–Kier alpha value is -1.99. The van der Waals surface area contributed by atoms with Crippen molar-refractivity contribution < 1.29 is 9.47 Å². The summed E-state index contributed by atoms with van der Waals surface area (Å²) in [7, 11) is 0. The van der Waals surface area contributed by atoms with Crippen molar-refractivity contribution in [1.29, 1.82) is 0 Å². The van der Waals surface area contributed by atoms with Gasteiger partial charge in [-0.2, -0.15) is 0 Å². The average Bonchev–Trinajstić information content (AvgIpc) is 2.87. The molecule has 2 heterocycles. The first-order valence-corrected chi connectivity index (χ1v) is 9.16. The second-order valence-electron chi connectivity index (χ2n) is 6.38. The third kappa shape index (κ3) is 5.24. The fourth-order valence-electron chi connectivity index (χ4n) is 3.07. The topological polar surface area (TPSA) is 75.4 Å². The number of benzene rings is 1. The smallest absolute Gasteiger partial charge is 0.193 e. The highest BCUT2D eigenvalue weighted by atomic mass is 16.5. The van der Waals surface area contributed by atoms with Gasteiger partial charge < -0.3 is 25.4 Å². The molecular formula is C18H29N5O2. The van der Waals surface area contributed by atoms with Gasteiger partial charge in [-0.05, 0) is 18.7 Å². The van der Waals surface area contributed by atoms with Gasteiger partial charge in [-0.1, -0.05) is 6.92 Å². The summed E-state index contributed by atoms with van der Waals surface area (Å²) in [4.78, 5) is 9.35. The molecule has 1 aromatic carbocycles. The number of ether oxygens (including phenoxy) is 2. The third-order valence-electron chi connectivity index (χ3n) is 4.63. The first kappa shape index (κ1) is 17.8. The number of rotatable bonds is 5. The standard InChI is InChI=1S/C18H29N5O2/c1-2-22-8-10-23(11-9-22)7-6-20-18(19)21-15-4-5-16-17(14-15)25-13-3-12-24-16/h4-5,14H,2-3,6-13H2,1H3,(H3,19,20,21). The van der Waals surface area contributed by atoms with Crippen LogP contribution in [0, 0.1) is 0 Å². The zero-order chi connectivity index (χ0) is 17.5. The number of guanidine groups is 1. The molecule has 1 saturated heterocycles. The van der Waals surface area contributed by atoms with E-state index in [4.69, 9.17) is 15.2 Å². The number of nitrogens with one attached hydrogen (secondary N) is 1. The molecule has 2 aliphatic rings. The van der Waals surface area contributed by atoms with E-state index in [0.29, 0.717) is 25.7 Å². The molecule has 0 spiro atoms. The molecule has 138 valence electrons. The summed E-state index contributed by atoms with van der Waals surface area (Å²) < 4.78 is 11.3. The second kappa shape index (κ2) is 8.92. The molecule has 0 bridgehead atoms. The summed E-state index contributed by atoms with van der Waals surface area (Å²) in [5.74, 6) is 1.97. The predicted octanol–water partition coefficient (Wildman–Crippen LogP) is 1.21. The van der Waals surface area contributed by atoms with Crippen LogP contribution in [0.2, 0.25) is 0 Å². The maximum Gasteiger partial charge on any atom is 0.193 e. The Bertz CT molecular complexity index is 585. The summed E-state index contributed by atoms with van der Waals surface area (Å²) in [5, 5.41) is 3.13. The molecular weight excluding hydrogens is 318 g/mol. The Morgan fingerprint density at radius 2 is 1.84 bits per heavy atom. The van der Waals surface area contributed by atoms with Gasteiger partial charge in [0.15, 0.2) is 17.5 Å². The van der Waals surface area contributed by atoms with Gasteiger partial charge >= 0.3 is 0 Å². The van der Waals surface area contributed by atoms with Crippen LogP contribution in [-0.4, -0.2) is 74.8 Å². The SMILES string of the molecule is CCN1CCN(CCN=C(N)Nc2ccc3c(c2)OCCCO3)CC1. The van der Waals surface area contributed by atoms with Crippen molar-refractivity contribution in [3.63, 3.8) is 0 Å². The minimum Gasteiger partial charge on any atom is -0.490 e. The number of aliphatic imine (C=N–C) groups is 1. The summed E-state index contributed by atoms with van der Waals surface area (Å²) >= 11 is 0. The highest BCUT2D eigenvalue weighted by Gasteiger charge is 2.14. The van der Waals surface area contributed by atoms with Crippen LogP contribution < -0.4 is 20.5 Å². The lowest BCUT2D eigenvalue weighted by Crippen LogP contribution is -2.46. The molecule has 0 unspecified atom stereocenters. The maximum absolute atomic E-state index is 6.01. The lowest BCUT2D eigenvalue weighted by molar-refractivity contribution is 0.140. The molecule has 7 nitrogen and oxygen atoms in total. The molecule has 3 rings (SSSR count). The first-order valence-electron chi connectivity index (χ1n) is 9.16. The Balaban J connectivity index is 1.46. The van der Waals surface area contributed by atoms with Gasteiger partial charge in [0.05, 0.1) is 19.8 Å². The van der Waals surface area contributed by atoms with Crippen molar-refractivity contribution in [2.75, 3.05) is 64.3 Å². The van der Waals surface area contributed by atoms with Crippen LogP contribution in [0.15, 0.2) is 23.2 Å². The third-order valence-corrected chi connectivity index (χ3v) is 4.63. The monoisotopic (exact) mass is 347 g/mol. The first-order chi connectivity index (χ1) is 12.2. The van der Waals surface area contributed by atoms with Crippen molar-refractivity contribution in [1.82, 2.24) is 9.80 Å². The normalized spacial score (nSPS) is 19.5. The highest BCUT2D eigenvalue weighted by Crippen LogP contribution is 2.32. The Kier molecular flexibility index (Phi) is 6.36. The minimum absolute atomic E-state index is 0.432. The van der Waals surface area contributed by atoms with Gasteiger partial charge in [-0.3, -0.25) is 9.89 Å². The number of likely N-dealkylation sites (N-methyl/N-ethyl adjacent to an activating group) is 1. The van der Waals surface area contributed by atoms with Crippen LogP contribution in [-0.2, 0) is 0 Å². The number of nitrogens with two attached hydrogens (primary N) is 1. The van der Waals surface area contributed by atoms with Crippen molar-refractivity contribution in [2.45, 2.75) is 13.3 Å². The molecule has 1 fully saturated rings. The van der Waals surface area contributed by atoms with E-state index < -0.39 is 0 Å². The van der Waals surface area contributed by atoms with E-state index in [2.05, 4.69) is 27.0 Å². The molecule has 1 aromatic rings. The molecule has 0 aromatic heterocycles. The van der Waals surface area contributed by atoms with Gasteiger partial charge in [-0.15, -0.1) is 0 Å². The number of hydrogen-bond acceptors (Lipinski definition) is 5. The van der Waals surface area contributed by atoms with Crippen LogP contribution in [0.5, 0.6) is 11.5 Å². The quantitative estimate of drug-likeness (QED) is 0.616. The van der Waals surface area contributed by atoms with E-state index in [9.17, 15) is 0 Å². The van der Waals surface area contributed by atoms with Crippen molar-refractivity contribution in [3.8, 4) is 11.5 Å². The molecule has 0 aliphatic carbocycles. The zero-order valence-electron chi connectivity index (χ0n) is 15.0. The molecule has 0 saturated carbocycles. The summed E-state index contributed by atoms with van der Waals surface area (Å²) in [6.45, 7) is 10.9. The number of piperazine rings is 1. The largest absolute Gasteiger partial charge is 0.490 e. The summed E-state index contributed by atoms with van der Waals surface area (Å²) in [6.07, 6.45) is 0.896. The fourth-order valence-corrected chi connectivity index (χ4v) is 3.07. The van der Waals surface area contributed by atoms with Gasteiger partial charge in [0.2, 0.25) is 0 Å². The fraction of sp³-hybridized carbons (Fsp3) is 0.611. The molecule has 0 radical (unpaired) electrons. The zero-order valence-corrected chi connectivity index (χ0v) is 15.0. The minimum atomic E-state index is 0.432. The van der Waals surface area contributed by atoms with E-state index in [-0.39, 0.29) is 0 Å². The van der Waals surface area contributed by atoms with Crippen molar-refractivity contribution in [3.05, 3.63) is 18.2 Å². The maximum atomic E-state index is 6.01. The van der Waals surface area contributed by atoms with Gasteiger partial charge in [0.1, 0.15) is 0 Å². The predicted molar refractivity (Wildman–Crippen MR) is 101 cm³/mol. The molecule has 0 amide bonds. The molecule has 0 atom stereocenters. The second-order valence-corrected chi connectivity index (χ2v) is 6.38. The van der Waals surface area contributed by atoms with Crippen LogP contribution in [0.3, 0.4) is 0 Å². The van der Waals surface area contributed by atoms with Gasteiger partial charge in [0.25, 0.3) is 0 Å². The number of anilines is 1. The van der Waals surface area contributed by atoms with E-state index in [1.807, 2.05) is 18.2 Å². The highest BCUT2D eigenvalue weighted by molar-refractivity contribution is 5.92. The van der Waals surface area contributed by atoms with Crippen molar-refractivity contribution in [2.24, 2.45) is 10.7 Å². The molecule has 7 heteroatoms. The number of hydrogen-bond donors (Lipinski definition) is 2. The van der Waals surface area contributed by atoms with Crippen LogP contribution in [0.1, 0.15) is 13.3 Å². The summed E-state index contributed by atoms with van der Waals surface area (Å²) in [5.41, 5.74) is 6.87. The number of nitrogens with zero attached hydrogens (tertiary/aromatic N) is 3. The van der Waals surface area contributed by atoms with E-state index in [1.54, 1.807) is 0 Å². The Labute approximate surface area is 149 Å². The Morgan fingerprint density at radius 3 is 2.60 bits per heavy atom. The van der Waals surface area contributed by atoms with Crippen LogP contribution in [0.25, 0.3) is 0 Å². The van der Waals surface area contributed by atoms with Crippen LogP contribution in [0.4, 0.5) is 5.69 Å². The van der Waals surface area contributed by atoms with Gasteiger partial charge in [-0.25, -0.2) is 0 Å². The van der Waals surface area contributed by atoms with Crippen molar-refractivity contribution >= 4 is 11.6 Å². The van der Waals surface area contributed by atoms with E-state index in [0.717, 1.165) is 62.9 Å². The van der Waals surface area contributed by atoms with Crippen LogP contribution >= 0.6 is 0 Å². The van der Waals surface area contributed by atoms with E-state index in [1.165, 1.54) is 0 Å². The Morgan fingerprint density at radius 1 is 1.12 bits per heavy atom. The lowest BCUT2D eigenvalue weighted by atomic mass is 10.3. The average molecular weight is 347 g/mol. The van der Waals surface area contributed by atoms with E-state index >= 15 is 0 Å². The molecule has 3 N–H and O–H groups in total. The molecule has 25 heavy (non-hydrogen) atoms. The molecule has 2 aliphatic heterocycles. The van der Waals surface area contributed by atoms with Gasteiger partial charge in [0, 0.05) is 50.9 Å². The summed E-state index contributed by atoms with van der Waals surface area (Å²) in [6, 6.07) is 5.75. The lowest BCUT2D eigenvalue weighted by Gasteiger charge is -2.33.